The highest BCUT2D eigenvalue weighted by Gasteiger charge is 2.19. The van der Waals surface area contributed by atoms with Crippen LogP contribution in [0.1, 0.15) is 12.0 Å². The first kappa shape index (κ1) is 14.9. The van der Waals surface area contributed by atoms with E-state index < -0.39 is 12.1 Å². The molecule has 110 valence electrons. The summed E-state index contributed by atoms with van der Waals surface area (Å²) in [6.45, 7) is 0. The van der Waals surface area contributed by atoms with Gasteiger partial charge in [-0.2, -0.15) is 0 Å². The van der Waals surface area contributed by atoms with E-state index in [9.17, 15) is 9.90 Å². The molecule has 0 aliphatic heterocycles. The quantitative estimate of drug-likeness (QED) is 0.849. The summed E-state index contributed by atoms with van der Waals surface area (Å²) in [6, 6.07) is 16.7. The van der Waals surface area contributed by atoms with Crippen molar-refractivity contribution in [3.05, 3.63) is 60.2 Å². The molecule has 0 amide bonds. The van der Waals surface area contributed by atoms with Crippen LogP contribution < -0.4 is 9.47 Å². The Labute approximate surface area is 123 Å². The van der Waals surface area contributed by atoms with Gasteiger partial charge in [0, 0.05) is 0 Å². The second-order valence-electron chi connectivity index (χ2n) is 4.64. The molecule has 0 saturated carbocycles. The van der Waals surface area contributed by atoms with Crippen molar-refractivity contribution in [2.24, 2.45) is 0 Å². The molecule has 2 aromatic carbocycles. The standard InChI is InChI=1S/C17H18O4/c1-20-14-8-10-15(11-9-14)21-16(17(18)19)12-7-13-5-3-2-4-6-13/h2-6,8-11,16H,7,12H2,1H3,(H,18,19)/t16-/m0/s1. The summed E-state index contributed by atoms with van der Waals surface area (Å²) in [6.07, 6.45) is 0.220. The third kappa shape index (κ3) is 4.53. The number of carboxylic acid groups (broad SMARTS) is 1. The summed E-state index contributed by atoms with van der Waals surface area (Å²) < 4.78 is 10.6. The number of aryl methyl sites for hydroxylation is 1. The first-order valence-electron chi connectivity index (χ1n) is 6.76. The largest absolute Gasteiger partial charge is 0.497 e. The fourth-order valence-corrected chi connectivity index (χ4v) is 1.99. The number of methoxy groups -OCH3 is 1. The third-order valence-corrected chi connectivity index (χ3v) is 3.15. The van der Waals surface area contributed by atoms with Crippen LogP contribution in [0.4, 0.5) is 0 Å². The van der Waals surface area contributed by atoms with E-state index >= 15 is 0 Å². The van der Waals surface area contributed by atoms with E-state index in [0.717, 1.165) is 5.56 Å². The maximum Gasteiger partial charge on any atom is 0.344 e. The minimum atomic E-state index is -0.957. The van der Waals surface area contributed by atoms with Crippen LogP contribution in [0.2, 0.25) is 0 Å². The zero-order chi connectivity index (χ0) is 15.1. The highest BCUT2D eigenvalue weighted by atomic mass is 16.5. The Balaban J connectivity index is 1.96. The number of benzene rings is 2. The zero-order valence-corrected chi connectivity index (χ0v) is 11.9. The van der Waals surface area contributed by atoms with Crippen molar-refractivity contribution in [1.82, 2.24) is 0 Å². The molecule has 0 spiro atoms. The summed E-state index contributed by atoms with van der Waals surface area (Å²) in [5.74, 6) is 0.275. The molecule has 0 unspecified atom stereocenters. The van der Waals surface area contributed by atoms with E-state index in [-0.39, 0.29) is 0 Å². The Morgan fingerprint density at radius 3 is 2.24 bits per heavy atom. The van der Waals surface area contributed by atoms with Crippen molar-refractivity contribution in [2.45, 2.75) is 18.9 Å². The summed E-state index contributed by atoms with van der Waals surface area (Å²) in [7, 11) is 1.58. The molecule has 2 rings (SSSR count). The average Bonchev–Trinajstić information content (AvgIpc) is 2.52. The van der Waals surface area contributed by atoms with Gasteiger partial charge in [0.1, 0.15) is 11.5 Å². The smallest absolute Gasteiger partial charge is 0.344 e. The number of aliphatic carboxylic acids is 1. The van der Waals surface area contributed by atoms with E-state index in [4.69, 9.17) is 9.47 Å². The van der Waals surface area contributed by atoms with Crippen LogP contribution in [-0.4, -0.2) is 24.3 Å². The molecule has 0 aliphatic carbocycles. The lowest BCUT2D eigenvalue weighted by atomic mass is 10.1. The molecule has 0 aromatic heterocycles. The van der Waals surface area contributed by atoms with Crippen LogP contribution in [0.25, 0.3) is 0 Å². The number of carbonyl (C=O) groups is 1. The average molecular weight is 286 g/mol. The fourth-order valence-electron chi connectivity index (χ4n) is 1.99. The molecular weight excluding hydrogens is 268 g/mol. The van der Waals surface area contributed by atoms with Crippen molar-refractivity contribution < 1.29 is 19.4 Å². The fraction of sp³-hybridized carbons (Fsp3) is 0.235. The number of ether oxygens (including phenoxy) is 2. The Bertz CT molecular complexity index is 563. The summed E-state index contributed by atoms with van der Waals surface area (Å²) in [5.41, 5.74) is 1.10. The SMILES string of the molecule is COc1ccc(O[C@@H](CCc2ccccc2)C(=O)O)cc1. The summed E-state index contributed by atoms with van der Waals surface area (Å²) >= 11 is 0. The van der Waals surface area contributed by atoms with Gasteiger partial charge >= 0.3 is 5.97 Å². The molecule has 0 radical (unpaired) electrons. The molecule has 0 fully saturated rings. The first-order chi connectivity index (χ1) is 10.2. The lowest BCUT2D eigenvalue weighted by Crippen LogP contribution is -2.27. The zero-order valence-electron chi connectivity index (χ0n) is 11.9. The van der Waals surface area contributed by atoms with Crippen LogP contribution >= 0.6 is 0 Å². The molecule has 4 nitrogen and oxygen atoms in total. The molecule has 0 aliphatic rings. The van der Waals surface area contributed by atoms with Crippen LogP contribution in [0.3, 0.4) is 0 Å². The Kier molecular flexibility index (Phi) is 5.21. The topological polar surface area (TPSA) is 55.8 Å². The number of hydrogen-bond acceptors (Lipinski definition) is 3. The molecule has 0 bridgehead atoms. The molecule has 4 heteroatoms. The van der Waals surface area contributed by atoms with Gasteiger partial charge in [0.15, 0.2) is 6.10 Å². The number of hydrogen-bond donors (Lipinski definition) is 1. The maximum atomic E-state index is 11.3. The molecule has 1 N–H and O–H groups in total. The lowest BCUT2D eigenvalue weighted by Gasteiger charge is -2.15. The van der Waals surface area contributed by atoms with Crippen molar-refractivity contribution in [2.75, 3.05) is 7.11 Å². The van der Waals surface area contributed by atoms with Crippen LogP contribution in [0.15, 0.2) is 54.6 Å². The predicted molar refractivity (Wildman–Crippen MR) is 79.8 cm³/mol. The van der Waals surface area contributed by atoms with Gasteiger partial charge in [-0.1, -0.05) is 30.3 Å². The molecule has 1 atom stereocenters. The Morgan fingerprint density at radius 2 is 1.67 bits per heavy atom. The van der Waals surface area contributed by atoms with Gasteiger partial charge in [-0.15, -0.1) is 0 Å². The first-order valence-corrected chi connectivity index (χ1v) is 6.76. The number of carboxylic acids is 1. The van der Waals surface area contributed by atoms with Crippen molar-refractivity contribution in [3.63, 3.8) is 0 Å². The highest BCUT2D eigenvalue weighted by Crippen LogP contribution is 2.19. The van der Waals surface area contributed by atoms with E-state index in [1.807, 2.05) is 30.3 Å². The second kappa shape index (κ2) is 7.33. The van der Waals surface area contributed by atoms with Gasteiger partial charge in [0.05, 0.1) is 7.11 Å². The normalized spacial score (nSPS) is 11.7. The minimum absolute atomic E-state index is 0.422. The molecule has 2 aromatic rings. The van der Waals surface area contributed by atoms with E-state index in [0.29, 0.717) is 24.3 Å². The lowest BCUT2D eigenvalue weighted by molar-refractivity contribution is -0.145. The van der Waals surface area contributed by atoms with Crippen molar-refractivity contribution in [1.29, 1.82) is 0 Å². The third-order valence-electron chi connectivity index (χ3n) is 3.15. The summed E-state index contributed by atoms with van der Waals surface area (Å²) in [4.78, 5) is 11.3. The van der Waals surface area contributed by atoms with Gasteiger partial charge in [-0.3, -0.25) is 0 Å². The molecule has 0 saturated heterocycles. The van der Waals surface area contributed by atoms with E-state index in [1.165, 1.54) is 0 Å². The summed E-state index contributed by atoms with van der Waals surface area (Å²) in [5, 5.41) is 9.26. The van der Waals surface area contributed by atoms with Gasteiger partial charge in [0.25, 0.3) is 0 Å². The van der Waals surface area contributed by atoms with Gasteiger partial charge in [-0.25, -0.2) is 4.79 Å². The monoisotopic (exact) mass is 286 g/mol. The van der Waals surface area contributed by atoms with Crippen LogP contribution in [0.5, 0.6) is 11.5 Å². The van der Waals surface area contributed by atoms with E-state index in [1.54, 1.807) is 31.4 Å². The maximum absolute atomic E-state index is 11.3. The Morgan fingerprint density at radius 1 is 1.05 bits per heavy atom. The molecule has 21 heavy (non-hydrogen) atoms. The number of rotatable bonds is 7. The molecule has 0 heterocycles. The van der Waals surface area contributed by atoms with Gasteiger partial charge < -0.3 is 14.6 Å². The van der Waals surface area contributed by atoms with Gasteiger partial charge in [0.2, 0.25) is 0 Å². The minimum Gasteiger partial charge on any atom is -0.497 e. The van der Waals surface area contributed by atoms with Crippen LogP contribution in [0, 0.1) is 0 Å². The predicted octanol–water partition coefficient (Wildman–Crippen LogP) is 3.16. The Hall–Kier alpha value is -2.49. The van der Waals surface area contributed by atoms with Crippen molar-refractivity contribution in [3.8, 4) is 11.5 Å². The second-order valence-corrected chi connectivity index (χ2v) is 4.64. The van der Waals surface area contributed by atoms with Crippen LogP contribution in [-0.2, 0) is 11.2 Å². The van der Waals surface area contributed by atoms with Gasteiger partial charge in [-0.05, 0) is 42.7 Å². The van der Waals surface area contributed by atoms with Crippen molar-refractivity contribution >= 4 is 5.97 Å². The highest BCUT2D eigenvalue weighted by molar-refractivity contribution is 5.72. The van der Waals surface area contributed by atoms with E-state index in [2.05, 4.69) is 0 Å². The molecular formula is C17H18O4.